The van der Waals surface area contributed by atoms with Gasteiger partial charge in [0.15, 0.2) is 18.5 Å². The lowest BCUT2D eigenvalue weighted by Gasteiger charge is -2.18. The Morgan fingerprint density at radius 2 is 2.21 bits per heavy atom. The number of hydrogen-bond donors (Lipinski definition) is 1. The predicted molar refractivity (Wildman–Crippen MR) is 39.7 cm³/mol. The van der Waals surface area contributed by atoms with Crippen LogP contribution in [0, 0.1) is 0 Å². The lowest BCUT2D eigenvalue weighted by atomic mass is 10.1. The van der Waals surface area contributed by atoms with Crippen molar-refractivity contribution in [2.75, 3.05) is 0 Å². The van der Waals surface area contributed by atoms with Gasteiger partial charge in [-0.3, -0.25) is 9.53 Å². The van der Waals surface area contributed by atoms with Gasteiger partial charge < -0.3 is 19.3 Å². The monoisotopic (exact) mass is 202 g/mol. The summed E-state index contributed by atoms with van der Waals surface area (Å²) in [6.07, 6.45) is -1.66. The highest BCUT2D eigenvalue weighted by molar-refractivity contribution is 5.73. The zero-order chi connectivity index (χ0) is 9.92. The molecule has 6 heteroatoms. The highest BCUT2D eigenvalue weighted by Gasteiger charge is 2.60. The summed E-state index contributed by atoms with van der Waals surface area (Å²) in [7, 11) is 0. The van der Waals surface area contributed by atoms with E-state index in [9.17, 15) is 9.90 Å². The quantitative estimate of drug-likeness (QED) is 0.513. The van der Waals surface area contributed by atoms with Gasteiger partial charge in [-0.2, -0.15) is 0 Å². The first-order chi connectivity index (χ1) is 6.55. The van der Waals surface area contributed by atoms with Crippen LogP contribution in [-0.4, -0.2) is 41.7 Å². The van der Waals surface area contributed by atoms with E-state index in [0.29, 0.717) is 0 Å². The molecule has 0 saturated carbocycles. The van der Waals surface area contributed by atoms with Gasteiger partial charge in [-0.1, -0.05) is 0 Å². The fraction of sp³-hybridized carbons (Fsp3) is 0.875. The molecule has 3 rings (SSSR count). The van der Waals surface area contributed by atoms with E-state index in [1.807, 2.05) is 0 Å². The van der Waals surface area contributed by atoms with Gasteiger partial charge in [-0.15, -0.1) is 0 Å². The van der Waals surface area contributed by atoms with Gasteiger partial charge in [0.1, 0.15) is 6.10 Å². The molecule has 0 amide bonds. The maximum atomic E-state index is 10.9. The molecule has 5 atom stereocenters. The van der Waals surface area contributed by atoms with Crippen LogP contribution in [0.1, 0.15) is 13.3 Å². The summed E-state index contributed by atoms with van der Waals surface area (Å²) in [6.45, 7) is 1.38. The van der Waals surface area contributed by atoms with E-state index in [1.165, 1.54) is 6.92 Å². The van der Waals surface area contributed by atoms with Gasteiger partial charge >= 0.3 is 5.97 Å². The number of fused-ring (bicyclic) bond motifs is 3. The van der Waals surface area contributed by atoms with Crippen molar-refractivity contribution in [2.45, 2.75) is 43.9 Å². The maximum absolute atomic E-state index is 10.9. The second-order valence-corrected chi connectivity index (χ2v) is 3.80. The zero-order valence-corrected chi connectivity index (χ0v) is 7.50. The molecule has 0 aromatic heterocycles. The Labute approximate surface area is 79.7 Å². The fourth-order valence-electron chi connectivity index (χ4n) is 2.08. The van der Waals surface area contributed by atoms with Crippen LogP contribution in [0.3, 0.4) is 0 Å². The molecule has 3 aliphatic heterocycles. The number of esters is 1. The summed E-state index contributed by atoms with van der Waals surface area (Å²) in [5.74, 6) is -1.94. The van der Waals surface area contributed by atoms with Crippen LogP contribution in [0.5, 0.6) is 0 Å². The van der Waals surface area contributed by atoms with Crippen molar-refractivity contribution < 1.29 is 28.8 Å². The van der Waals surface area contributed by atoms with E-state index in [1.54, 1.807) is 0 Å². The number of rotatable bonds is 0. The predicted octanol–water partition coefficient (Wildman–Crippen LogP) is -0.892. The van der Waals surface area contributed by atoms with Gasteiger partial charge in [-0.25, -0.2) is 0 Å². The van der Waals surface area contributed by atoms with E-state index >= 15 is 0 Å². The van der Waals surface area contributed by atoms with Crippen LogP contribution in [-0.2, 0) is 23.7 Å². The van der Waals surface area contributed by atoms with Gasteiger partial charge in [0.05, 0.1) is 6.42 Å². The van der Waals surface area contributed by atoms with Gasteiger partial charge in [0, 0.05) is 6.92 Å². The summed E-state index contributed by atoms with van der Waals surface area (Å²) in [5, 5.41) is 9.42. The summed E-state index contributed by atoms with van der Waals surface area (Å²) in [5.41, 5.74) is 0. The minimum atomic E-state index is -1.64. The molecule has 0 aliphatic carbocycles. The Bertz CT molecular complexity index is 288. The van der Waals surface area contributed by atoms with Crippen LogP contribution in [0.2, 0.25) is 0 Å². The van der Waals surface area contributed by atoms with Crippen LogP contribution >= 0.6 is 0 Å². The van der Waals surface area contributed by atoms with Crippen molar-refractivity contribution in [3.63, 3.8) is 0 Å². The molecular weight excluding hydrogens is 192 g/mol. The Balaban J connectivity index is 1.81. The molecule has 3 fully saturated rings. The Morgan fingerprint density at radius 1 is 1.43 bits per heavy atom. The first-order valence-corrected chi connectivity index (χ1v) is 4.48. The molecule has 3 heterocycles. The van der Waals surface area contributed by atoms with E-state index in [0.717, 1.165) is 0 Å². The standard InChI is InChI=1S/C8H10O6/c1-8(10)13-6-5-3(2-4(9)12-5)11-7(6)14-8/h3,5-7,10H,2H2,1H3. The van der Waals surface area contributed by atoms with Crippen molar-refractivity contribution in [1.82, 2.24) is 0 Å². The van der Waals surface area contributed by atoms with Crippen molar-refractivity contribution in [3.8, 4) is 0 Å². The topological polar surface area (TPSA) is 74.2 Å². The number of hydrogen-bond acceptors (Lipinski definition) is 6. The zero-order valence-electron chi connectivity index (χ0n) is 7.50. The molecule has 78 valence electrons. The first-order valence-electron chi connectivity index (χ1n) is 4.48. The van der Waals surface area contributed by atoms with E-state index in [2.05, 4.69) is 0 Å². The number of carbonyl (C=O) groups is 1. The highest BCUT2D eigenvalue weighted by Crippen LogP contribution is 2.41. The molecule has 0 radical (unpaired) electrons. The maximum Gasteiger partial charge on any atom is 0.309 e. The molecule has 6 nitrogen and oxygen atoms in total. The first kappa shape index (κ1) is 8.60. The van der Waals surface area contributed by atoms with Crippen molar-refractivity contribution in [1.29, 1.82) is 0 Å². The molecular formula is C8H10O6. The second kappa shape index (κ2) is 2.46. The third-order valence-electron chi connectivity index (χ3n) is 2.59. The average molecular weight is 202 g/mol. The number of carbonyl (C=O) groups excluding carboxylic acids is 1. The summed E-state index contributed by atoms with van der Waals surface area (Å²) < 4.78 is 20.6. The molecule has 5 unspecified atom stereocenters. The SMILES string of the molecule is CC1(O)OC2OC3CC(=O)OC3C2O1. The molecule has 0 aromatic rings. The van der Waals surface area contributed by atoms with Crippen molar-refractivity contribution in [3.05, 3.63) is 0 Å². The number of aliphatic hydroxyl groups is 1. The molecule has 0 aromatic carbocycles. The van der Waals surface area contributed by atoms with Gasteiger partial charge in [0.2, 0.25) is 0 Å². The van der Waals surface area contributed by atoms with E-state index < -0.39 is 24.5 Å². The largest absolute Gasteiger partial charge is 0.456 e. The normalized spacial score (nSPS) is 55.7. The Hall–Kier alpha value is -0.690. The lowest BCUT2D eigenvalue weighted by molar-refractivity contribution is -0.330. The summed E-state index contributed by atoms with van der Waals surface area (Å²) >= 11 is 0. The molecule has 1 N–H and O–H groups in total. The van der Waals surface area contributed by atoms with Crippen molar-refractivity contribution in [2.24, 2.45) is 0 Å². The van der Waals surface area contributed by atoms with Crippen LogP contribution in [0.25, 0.3) is 0 Å². The van der Waals surface area contributed by atoms with E-state index in [-0.39, 0.29) is 18.5 Å². The lowest BCUT2D eigenvalue weighted by Crippen LogP contribution is -2.33. The van der Waals surface area contributed by atoms with E-state index in [4.69, 9.17) is 18.9 Å². The average Bonchev–Trinajstić information content (AvgIpc) is 2.58. The third-order valence-corrected chi connectivity index (χ3v) is 2.59. The molecule has 0 bridgehead atoms. The van der Waals surface area contributed by atoms with Crippen LogP contribution in [0.4, 0.5) is 0 Å². The Kier molecular flexibility index (Phi) is 1.51. The van der Waals surface area contributed by atoms with Gasteiger partial charge in [0.25, 0.3) is 5.97 Å². The van der Waals surface area contributed by atoms with Crippen LogP contribution < -0.4 is 0 Å². The molecule has 3 aliphatic rings. The summed E-state index contributed by atoms with van der Waals surface area (Å²) in [4.78, 5) is 10.9. The third kappa shape index (κ3) is 1.08. The number of ether oxygens (including phenoxy) is 4. The summed E-state index contributed by atoms with van der Waals surface area (Å²) in [6, 6.07) is 0. The second-order valence-electron chi connectivity index (χ2n) is 3.80. The van der Waals surface area contributed by atoms with Gasteiger partial charge in [-0.05, 0) is 0 Å². The smallest absolute Gasteiger partial charge is 0.309 e. The molecule has 0 spiro atoms. The minimum absolute atomic E-state index is 0.229. The Morgan fingerprint density at radius 3 is 3.00 bits per heavy atom. The minimum Gasteiger partial charge on any atom is -0.456 e. The molecule has 3 saturated heterocycles. The van der Waals surface area contributed by atoms with Crippen molar-refractivity contribution >= 4 is 5.97 Å². The fourth-order valence-corrected chi connectivity index (χ4v) is 2.08. The van der Waals surface area contributed by atoms with Crippen LogP contribution in [0.15, 0.2) is 0 Å². The highest BCUT2D eigenvalue weighted by atomic mass is 16.9. The molecule has 14 heavy (non-hydrogen) atoms.